The number of carbonyl (C=O) groups excluding carboxylic acids is 3. The maximum absolute atomic E-state index is 11.8. The van der Waals surface area contributed by atoms with Gasteiger partial charge in [0.1, 0.15) is 128 Å². The molecule has 4 atom stereocenters. The van der Waals surface area contributed by atoms with E-state index in [2.05, 4.69) is 157 Å². The SMILES string of the molecule is C.N#CBr.NC1(CO)COc2c(Br)cccc2C1.NC1=NC2(CO1)COc1c(Br)cccc1C2.NC1=NC2(CO1)COc1c(cccc1-c1cncnc1)C2.O=C(O)C1=Cc2cccc(Br)c2OC1.O=C1COc2c(Br)cccc2C1.O=C1NC(=O)C2(COc3c(Br)cccc3C2)N1.O[B]Oc1cncnc1.Oc1ccccc1Br.[C-]#N.[K+]. The maximum Gasteiger partial charge on any atom is 1.00 e. The number of fused-ring (bicyclic) bond motifs is 6. The number of para-hydroxylation sites is 7. The number of nitrogens with one attached hydrogen (secondary N) is 2. The molecule has 0 saturated carbocycles. The van der Waals surface area contributed by atoms with Crippen LogP contribution in [0.5, 0.6) is 46.0 Å². The van der Waals surface area contributed by atoms with Crippen molar-refractivity contribution < 1.29 is 133 Å². The number of ketones is 1. The smallest absolute Gasteiger partial charge is 0.535 e. The summed E-state index contributed by atoms with van der Waals surface area (Å²) in [6.45, 7) is 7.48. The number of aliphatic hydroxyl groups excluding tert-OH is 1. The number of urea groups is 1. The predicted octanol–water partition coefficient (Wildman–Crippen LogP) is 9.06. The molecule has 9 aromatic rings. The number of aliphatic carboxylic acids is 1. The summed E-state index contributed by atoms with van der Waals surface area (Å²) < 4.78 is 53.8. The second-order valence-corrected chi connectivity index (χ2v) is 31.4. The number of nitrogens with zero attached hydrogens (tertiary/aromatic N) is 8. The number of aromatic hydroxyl groups is 1. The van der Waals surface area contributed by atoms with Gasteiger partial charge >= 0.3 is 71.1 Å². The molecule has 30 nitrogen and oxygen atoms in total. The number of carbonyl (C=O) groups is 4. The molecule has 0 bridgehead atoms. The zero-order chi connectivity index (χ0) is 83.6. The Morgan fingerprint density at radius 3 is 1.48 bits per heavy atom. The van der Waals surface area contributed by atoms with Crippen LogP contribution in [0.3, 0.4) is 0 Å². The summed E-state index contributed by atoms with van der Waals surface area (Å²) in [5.74, 6) is 4.48. The second kappa shape index (κ2) is 46.2. The fourth-order valence-corrected chi connectivity index (χ4v) is 15.1. The summed E-state index contributed by atoms with van der Waals surface area (Å²) >= 11 is 22.6. The van der Waals surface area contributed by atoms with Crippen molar-refractivity contribution in [3.63, 3.8) is 0 Å². The van der Waals surface area contributed by atoms with Gasteiger partial charge in [0.25, 0.3) is 18.0 Å². The third-order valence-electron chi connectivity index (χ3n) is 17.5. The molecule has 12 N–H and O–H groups in total. The Kier molecular flexibility index (Phi) is 37.8. The molecule has 3 spiro atoms. The van der Waals surface area contributed by atoms with Crippen LogP contribution in [-0.4, -0.2) is 165 Å². The molecular weight excluding hydrogens is 2010 g/mol. The molecule has 1 radical (unpaired) electrons. The number of Topliss-reactive ketones (excluding diaryl/α,β-unsaturated/α-hetero) is 1. The third-order valence-corrected chi connectivity index (χ3v) is 21.3. The van der Waals surface area contributed by atoms with Gasteiger partial charge in [-0.3, -0.25) is 14.9 Å². The van der Waals surface area contributed by atoms with Gasteiger partial charge in [0.2, 0.25) is 0 Å². The van der Waals surface area contributed by atoms with Crippen LogP contribution in [0.2, 0.25) is 0 Å². The van der Waals surface area contributed by atoms with Crippen molar-refractivity contribution >= 4 is 161 Å². The van der Waals surface area contributed by atoms with Gasteiger partial charge in [0.05, 0.1) is 56.9 Å². The number of ether oxygens (including phenoxy) is 8. The first kappa shape index (κ1) is 96.5. The number of nitrogens with two attached hydrogens (primary N) is 3. The molecule has 4 unspecified atom stereocenters. The zero-order valence-electron chi connectivity index (χ0n) is 61.8. The van der Waals surface area contributed by atoms with E-state index >= 15 is 0 Å². The summed E-state index contributed by atoms with van der Waals surface area (Å²) in [6, 6.07) is 41.9. The Bertz CT molecular complexity index is 5150. The molecule has 9 aliphatic rings. The van der Waals surface area contributed by atoms with Gasteiger partial charge in [-0.25, -0.2) is 39.5 Å². The zero-order valence-corrected chi connectivity index (χ0v) is 76.0. The number of hydrogen-bond donors (Lipinski definition) is 9. The monoisotopic (exact) mass is 2080 g/mol. The molecule has 118 heavy (non-hydrogen) atoms. The average Bonchev–Trinajstić information content (AvgIpc) is 1.57. The molecule has 0 aliphatic carbocycles. The van der Waals surface area contributed by atoms with Gasteiger partial charge < -0.3 is 97.2 Å². The molecule has 18 rings (SSSR count). The minimum absolute atomic E-state index is 0. The van der Waals surface area contributed by atoms with Crippen molar-refractivity contribution in [1.29, 1.82) is 10.5 Å². The van der Waals surface area contributed by atoms with Crippen LogP contribution >= 0.6 is 112 Å². The van der Waals surface area contributed by atoms with E-state index in [0.717, 1.165) is 113 Å². The van der Waals surface area contributed by atoms with Crippen LogP contribution in [0.1, 0.15) is 40.8 Å². The van der Waals surface area contributed by atoms with Crippen molar-refractivity contribution in [3.05, 3.63) is 243 Å². The molecule has 3 amide bonds. The number of carboxylic acids is 1. The molecule has 1 fully saturated rings. The number of amides is 3. The number of halogens is 7. The van der Waals surface area contributed by atoms with Crippen LogP contribution < -0.4 is 112 Å². The van der Waals surface area contributed by atoms with Gasteiger partial charge in [0, 0.05) is 76.3 Å². The minimum Gasteiger partial charge on any atom is -0.535 e. The summed E-state index contributed by atoms with van der Waals surface area (Å²) in [6.07, 6.45) is 14.1. The number of rotatable bonds is 5. The Morgan fingerprint density at radius 1 is 0.568 bits per heavy atom. The van der Waals surface area contributed by atoms with E-state index in [0.29, 0.717) is 71.5 Å². The first-order valence-electron chi connectivity index (χ1n) is 34.3. The normalized spacial score (nSPS) is 19.1. The van der Waals surface area contributed by atoms with Crippen molar-refractivity contribution in [2.75, 3.05) is 59.5 Å². The number of aromatic nitrogens is 4. The summed E-state index contributed by atoms with van der Waals surface area (Å²) in [5, 5.41) is 53.3. The molecule has 39 heteroatoms. The first-order chi connectivity index (χ1) is 55.8. The largest absolute Gasteiger partial charge is 1.00 e. The Hall–Kier alpha value is -8.62. The molecule has 2 aromatic heterocycles. The number of imide groups is 1. The number of hydrogen-bond acceptors (Lipinski definition) is 27. The van der Waals surface area contributed by atoms with E-state index in [1.165, 1.54) is 25.0 Å². The predicted molar refractivity (Wildman–Crippen MR) is 457 cm³/mol. The van der Waals surface area contributed by atoms with E-state index in [9.17, 15) is 19.2 Å². The number of phenols is 1. The van der Waals surface area contributed by atoms with Gasteiger partial charge in [-0.1, -0.05) is 98.4 Å². The van der Waals surface area contributed by atoms with Crippen LogP contribution in [0, 0.1) is 22.1 Å². The van der Waals surface area contributed by atoms with Crippen molar-refractivity contribution in [3.8, 4) is 62.1 Å². The van der Waals surface area contributed by atoms with E-state index < -0.39 is 23.1 Å². The van der Waals surface area contributed by atoms with Gasteiger partial charge in [0.15, 0.2) is 11.3 Å². The minimum atomic E-state index is -0.953. The summed E-state index contributed by atoms with van der Waals surface area (Å²) in [7, 11) is 0.582. The number of aliphatic imine (C=N–C) groups is 2. The number of phenolic OH excluding ortho intramolecular Hbond substituents is 1. The topological polar surface area (TPSA) is 458 Å². The van der Waals surface area contributed by atoms with Gasteiger partial charge in [-0.15, -0.1) is 0 Å². The molecule has 1 saturated heterocycles. The molecule has 9 aliphatic heterocycles. The Morgan fingerprint density at radius 2 is 1.00 bits per heavy atom. The number of carboxylic acid groups (broad SMARTS) is 1. The van der Waals surface area contributed by atoms with Crippen LogP contribution in [-0.2, 0) is 56.0 Å². The first-order valence-corrected chi connectivity index (χ1v) is 39.9. The number of benzene rings is 7. The number of nitriles is 1. The molecule has 11 heterocycles. The molecule has 7 aromatic carbocycles. The van der Waals surface area contributed by atoms with Gasteiger partial charge in [-0.2, -0.15) is 5.26 Å². The van der Waals surface area contributed by atoms with Crippen LogP contribution in [0.15, 0.2) is 213 Å². The number of aliphatic hydroxyl groups is 1. The number of amidine groups is 2. The molecule has 609 valence electrons. The average molecular weight is 2090 g/mol. The van der Waals surface area contributed by atoms with E-state index in [1.54, 1.807) is 41.6 Å². The fraction of sp³-hybridized carbons (Fsp3) is 0.241. The van der Waals surface area contributed by atoms with E-state index in [4.69, 9.17) is 92.5 Å². The Balaban J connectivity index is 0.000000187. The van der Waals surface area contributed by atoms with E-state index in [-0.39, 0.29) is 131 Å². The van der Waals surface area contributed by atoms with Crippen molar-refractivity contribution in [2.45, 2.75) is 61.7 Å². The fourth-order valence-electron chi connectivity index (χ4n) is 12.2. The van der Waals surface area contributed by atoms with Crippen LogP contribution in [0.25, 0.3) is 17.2 Å². The van der Waals surface area contributed by atoms with E-state index in [1.807, 2.05) is 115 Å². The van der Waals surface area contributed by atoms with Crippen molar-refractivity contribution in [1.82, 2.24) is 30.6 Å². The summed E-state index contributed by atoms with van der Waals surface area (Å²) in [4.78, 5) is 70.4. The van der Waals surface area contributed by atoms with Crippen LogP contribution in [0.4, 0.5) is 4.79 Å². The third kappa shape index (κ3) is 26.2. The second-order valence-electron chi connectivity index (χ2n) is 25.9. The summed E-state index contributed by atoms with van der Waals surface area (Å²) in [5.41, 5.74) is 23.0. The molecular formula is C79H73BBr7KN13O17. The maximum atomic E-state index is 11.8. The van der Waals surface area contributed by atoms with Crippen molar-refractivity contribution in [2.24, 2.45) is 27.2 Å². The standard InChI is InChI=1S/C15H14N4O2.C11H9BrN2O3.C11H11BrN2O2.C10H12BrNO2.C10H7BrO3.C9H7BrO2.C6H5BrO.C4H4BN2O2.CBrN.CN.CH4.K/c16-14-19-15(8-21-14)4-10-2-1-3-12(13(10)20-7-15)11-5-17-9-18-6-11;12-7-3-1-2-6-4-11(5-17-8(6)7)9(15)13-10(16)14-11;12-8-3-1-2-7-4-11(5-15-9(7)8)6-16-10(13)14-11;11-8-3-1-2-7-4-10(12,5-13)6-14-9(7)8;11-8-3-1-2-6-4-7(10(12)13)5-14-9(6)8;10-8-3-1-2-6-4-7(11)5-12-9(6)8;7-5-3-1-2-4-6(5)8;8-5-9-4-1-6-3-7-2-4;2-1-3;1-2;;/h1-3,5-6,9H,4,7-8H2,(H2,16,19);1-3H,4-5H2,(H2,13,14,15,16);1-3H,4-6H2,(H2,13,14);1-3,13H,4-6,12H2;1-4H,5H2,(H,12,13);1-3H,4-5H2;1-4,8H;1-3,8H;;;1H4;/q;;;;;;;;;-1;;+1. The van der Waals surface area contributed by atoms with Gasteiger partial charge in [-0.05, 0) is 173 Å². The quantitative estimate of drug-likeness (QED) is 0.0440. The Labute approximate surface area is 780 Å².